The highest BCUT2D eigenvalue weighted by molar-refractivity contribution is 7.91. The molecule has 1 fully saturated rings. The van der Waals surface area contributed by atoms with Gasteiger partial charge in [-0.2, -0.15) is 23.3 Å². The van der Waals surface area contributed by atoms with Gasteiger partial charge in [0, 0.05) is 11.9 Å². The molecular formula is C14H14F3N3O3S. The Balaban J connectivity index is 1.95. The van der Waals surface area contributed by atoms with Crippen LogP contribution in [0.4, 0.5) is 19.0 Å². The molecule has 3 heterocycles. The molecular weight excluding hydrogens is 347 g/mol. The largest absolute Gasteiger partial charge is 0.420 e. The van der Waals surface area contributed by atoms with E-state index in [0.717, 1.165) is 18.3 Å². The number of aromatic nitrogens is 1. The number of pyridine rings is 1. The Labute approximate surface area is 136 Å². The number of carbonyl (C=O) groups is 1. The van der Waals surface area contributed by atoms with Crippen LogP contribution >= 0.6 is 0 Å². The second kappa shape index (κ2) is 5.54. The highest BCUT2D eigenvalue weighted by Gasteiger charge is 2.46. The monoisotopic (exact) mass is 361 g/mol. The molecule has 0 saturated carbocycles. The third kappa shape index (κ3) is 2.90. The predicted molar refractivity (Wildman–Crippen MR) is 80.1 cm³/mol. The number of nitrogens with zero attached hydrogens (tertiary/aromatic N) is 3. The summed E-state index contributed by atoms with van der Waals surface area (Å²) in [4.78, 5) is 16.3. The lowest BCUT2D eigenvalue weighted by Gasteiger charge is -2.19. The maximum atomic E-state index is 13.1. The van der Waals surface area contributed by atoms with Crippen molar-refractivity contribution in [3.8, 4) is 0 Å². The van der Waals surface area contributed by atoms with Gasteiger partial charge in [-0.05, 0) is 31.4 Å². The Kier molecular flexibility index (Phi) is 3.89. The van der Waals surface area contributed by atoms with Crippen LogP contribution in [0.15, 0.2) is 23.4 Å². The molecule has 0 aromatic carbocycles. The first-order chi connectivity index (χ1) is 11.1. The van der Waals surface area contributed by atoms with Crippen LogP contribution in [-0.2, 0) is 20.8 Å². The molecule has 0 aliphatic carbocycles. The molecule has 24 heavy (non-hydrogen) atoms. The summed E-state index contributed by atoms with van der Waals surface area (Å²) in [5.41, 5.74) is -0.754. The quantitative estimate of drug-likeness (QED) is 0.806. The molecule has 130 valence electrons. The second-order valence-electron chi connectivity index (χ2n) is 5.90. The average Bonchev–Trinajstić information content (AvgIpc) is 2.97. The second-order valence-corrected chi connectivity index (χ2v) is 8.13. The third-order valence-corrected chi connectivity index (χ3v) is 6.01. The van der Waals surface area contributed by atoms with Crippen LogP contribution in [0.2, 0.25) is 0 Å². The summed E-state index contributed by atoms with van der Waals surface area (Å²) >= 11 is 0. The van der Waals surface area contributed by atoms with E-state index in [1.54, 1.807) is 0 Å². The topological polar surface area (TPSA) is 79.7 Å². The minimum atomic E-state index is -4.68. The van der Waals surface area contributed by atoms with E-state index in [2.05, 4.69) is 10.1 Å². The van der Waals surface area contributed by atoms with E-state index < -0.39 is 45.1 Å². The van der Waals surface area contributed by atoms with Crippen molar-refractivity contribution in [1.82, 2.24) is 4.98 Å². The van der Waals surface area contributed by atoms with Crippen molar-refractivity contribution in [3.05, 3.63) is 23.9 Å². The SMILES string of the molecule is CC1=NN(c2ncccc2C(F)(F)F)C(=O)C1C1CCS(=O)(=O)C1. The Hall–Kier alpha value is -1.97. The molecule has 1 saturated heterocycles. The third-order valence-electron chi connectivity index (χ3n) is 4.21. The predicted octanol–water partition coefficient (Wildman–Crippen LogP) is 1.87. The van der Waals surface area contributed by atoms with Gasteiger partial charge in [-0.15, -0.1) is 0 Å². The van der Waals surface area contributed by atoms with Crippen LogP contribution in [0.25, 0.3) is 0 Å². The summed E-state index contributed by atoms with van der Waals surface area (Å²) in [5, 5.41) is 4.58. The molecule has 0 spiro atoms. The average molecular weight is 361 g/mol. The van der Waals surface area contributed by atoms with Crippen LogP contribution in [0, 0.1) is 11.8 Å². The van der Waals surface area contributed by atoms with Crippen molar-refractivity contribution in [2.75, 3.05) is 16.5 Å². The molecule has 0 bridgehead atoms. The van der Waals surface area contributed by atoms with Gasteiger partial charge in [-0.3, -0.25) is 4.79 Å². The van der Waals surface area contributed by atoms with Crippen LogP contribution in [0.1, 0.15) is 18.9 Å². The minimum absolute atomic E-state index is 0.0217. The molecule has 2 unspecified atom stereocenters. The maximum Gasteiger partial charge on any atom is 0.420 e. The Morgan fingerprint density at radius 1 is 1.33 bits per heavy atom. The molecule has 2 aliphatic heterocycles. The number of hydrazone groups is 1. The molecule has 1 amide bonds. The highest BCUT2D eigenvalue weighted by Crippen LogP contribution is 2.39. The van der Waals surface area contributed by atoms with E-state index in [9.17, 15) is 26.4 Å². The van der Waals surface area contributed by atoms with E-state index in [1.165, 1.54) is 6.92 Å². The summed E-state index contributed by atoms with van der Waals surface area (Å²) < 4.78 is 62.6. The lowest BCUT2D eigenvalue weighted by Crippen LogP contribution is -2.34. The number of amides is 1. The number of alkyl halides is 3. The standard InChI is InChI=1S/C14H14F3N3O3S/c1-8-11(9-4-6-24(22,23)7-9)13(21)20(19-8)12-10(14(15,16)17)3-2-5-18-12/h2-3,5,9,11H,4,6-7H2,1H3. The molecule has 2 atom stereocenters. The van der Waals surface area contributed by atoms with Crippen molar-refractivity contribution >= 4 is 27.3 Å². The van der Waals surface area contributed by atoms with E-state index in [4.69, 9.17) is 0 Å². The van der Waals surface area contributed by atoms with Crippen LogP contribution < -0.4 is 5.01 Å². The summed E-state index contributed by atoms with van der Waals surface area (Å²) in [6.45, 7) is 1.52. The van der Waals surface area contributed by atoms with Crippen molar-refractivity contribution < 1.29 is 26.4 Å². The van der Waals surface area contributed by atoms with Gasteiger partial charge in [-0.25, -0.2) is 13.4 Å². The van der Waals surface area contributed by atoms with E-state index >= 15 is 0 Å². The van der Waals surface area contributed by atoms with Gasteiger partial charge in [0.05, 0.1) is 17.4 Å². The van der Waals surface area contributed by atoms with Crippen molar-refractivity contribution in [1.29, 1.82) is 0 Å². The zero-order valence-electron chi connectivity index (χ0n) is 12.6. The molecule has 0 N–H and O–H groups in total. The smallest absolute Gasteiger partial charge is 0.272 e. The molecule has 6 nitrogen and oxygen atoms in total. The summed E-state index contributed by atoms with van der Waals surface area (Å²) in [7, 11) is -3.21. The molecule has 3 rings (SSSR count). The van der Waals surface area contributed by atoms with Crippen LogP contribution in [0.3, 0.4) is 0 Å². The fourth-order valence-electron chi connectivity index (χ4n) is 3.15. The van der Waals surface area contributed by atoms with Crippen molar-refractivity contribution in [2.24, 2.45) is 16.9 Å². The molecule has 2 aliphatic rings. The van der Waals surface area contributed by atoms with Gasteiger partial charge < -0.3 is 0 Å². The first-order valence-electron chi connectivity index (χ1n) is 7.22. The minimum Gasteiger partial charge on any atom is -0.272 e. The maximum absolute atomic E-state index is 13.1. The fourth-order valence-corrected chi connectivity index (χ4v) is 4.99. The number of hydrogen-bond donors (Lipinski definition) is 0. The number of hydrogen-bond acceptors (Lipinski definition) is 5. The van der Waals surface area contributed by atoms with Crippen molar-refractivity contribution in [2.45, 2.75) is 19.5 Å². The van der Waals surface area contributed by atoms with Gasteiger partial charge in [0.1, 0.15) is 5.56 Å². The summed E-state index contributed by atoms with van der Waals surface area (Å²) in [5.74, 6) is -2.72. The summed E-state index contributed by atoms with van der Waals surface area (Å²) in [6.07, 6.45) is -3.23. The number of rotatable bonds is 2. The number of sulfone groups is 1. The van der Waals surface area contributed by atoms with Crippen LogP contribution in [-0.4, -0.2) is 36.5 Å². The van der Waals surface area contributed by atoms with Crippen LogP contribution in [0.5, 0.6) is 0 Å². The van der Waals surface area contributed by atoms with E-state index in [0.29, 0.717) is 17.1 Å². The van der Waals surface area contributed by atoms with Gasteiger partial charge in [0.15, 0.2) is 15.7 Å². The van der Waals surface area contributed by atoms with Gasteiger partial charge in [0.25, 0.3) is 5.91 Å². The van der Waals surface area contributed by atoms with Gasteiger partial charge >= 0.3 is 6.18 Å². The van der Waals surface area contributed by atoms with E-state index in [-0.39, 0.29) is 11.5 Å². The number of halogens is 3. The molecule has 1 aromatic rings. The summed E-state index contributed by atoms with van der Waals surface area (Å²) in [6, 6.07) is 1.96. The normalized spacial score (nSPS) is 26.8. The molecule has 10 heteroatoms. The lowest BCUT2D eigenvalue weighted by molar-refractivity contribution is -0.137. The molecule has 1 aromatic heterocycles. The Morgan fingerprint density at radius 2 is 2.04 bits per heavy atom. The zero-order chi connectivity index (χ0) is 17.7. The highest BCUT2D eigenvalue weighted by atomic mass is 32.2. The number of anilines is 1. The van der Waals surface area contributed by atoms with Crippen molar-refractivity contribution in [3.63, 3.8) is 0 Å². The fraction of sp³-hybridized carbons (Fsp3) is 0.500. The lowest BCUT2D eigenvalue weighted by atomic mass is 9.88. The Morgan fingerprint density at radius 3 is 2.62 bits per heavy atom. The zero-order valence-corrected chi connectivity index (χ0v) is 13.4. The molecule has 0 radical (unpaired) electrons. The Bertz CT molecular complexity index is 820. The number of carbonyl (C=O) groups excluding carboxylic acids is 1. The van der Waals surface area contributed by atoms with Gasteiger partial charge in [-0.1, -0.05) is 0 Å². The first kappa shape index (κ1) is 16.9. The van der Waals surface area contributed by atoms with E-state index in [1.807, 2.05) is 0 Å². The van der Waals surface area contributed by atoms with Gasteiger partial charge in [0.2, 0.25) is 0 Å². The first-order valence-corrected chi connectivity index (χ1v) is 9.04.